The minimum absolute atomic E-state index is 0.780. The minimum atomic E-state index is 0.780. The zero-order valence-corrected chi connectivity index (χ0v) is 14.2. The maximum Gasteiger partial charge on any atom is 0.225 e. The fourth-order valence-corrected chi connectivity index (χ4v) is 3.98. The Morgan fingerprint density at radius 2 is 2.05 bits per heavy atom. The van der Waals surface area contributed by atoms with E-state index in [0.717, 1.165) is 40.9 Å². The molecule has 1 N–H and O–H groups in total. The monoisotopic (exact) mass is 309 g/mol. The lowest BCUT2D eigenvalue weighted by Gasteiger charge is -2.06. The van der Waals surface area contributed by atoms with Crippen molar-refractivity contribution in [3.05, 3.63) is 10.9 Å². The van der Waals surface area contributed by atoms with Crippen LogP contribution in [0.4, 0.5) is 5.95 Å². The number of fused-ring (bicyclic) bond motifs is 1. The average molecular weight is 310 g/mol. The van der Waals surface area contributed by atoms with Gasteiger partial charge in [-0.05, 0) is 31.1 Å². The molecule has 2 aromatic heterocycles. The van der Waals surface area contributed by atoms with Gasteiger partial charge in [-0.25, -0.2) is 9.97 Å². The van der Waals surface area contributed by atoms with Gasteiger partial charge in [0.2, 0.25) is 5.95 Å². The van der Waals surface area contributed by atoms with Crippen LogP contribution in [0, 0.1) is 0 Å². The Labute approximate surface area is 129 Å². The second-order valence-electron chi connectivity index (χ2n) is 4.77. The molecule has 0 amide bonds. The second-order valence-corrected chi connectivity index (χ2v) is 6.97. The first kappa shape index (κ1) is 15.6. The van der Waals surface area contributed by atoms with E-state index in [0.29, 0.717) is 0 Å². The molecule has 0 aliphatic rings. The molecule has 0 fully saturated rings. The average Bonchev–Trinajstić information content (AvgIpc) is 2.88. The number of unbranched alkanes of at least 4 members (excludes halogenated alkanes) is 1. The number of anilines is 1. The van der Waals surface area contributed by atoms with Crippen molar-refractivity contribution in [2.24, 2.45) is 0 Å². The van der Waals surface area contributed by atoms with Gasteiger partial charge in [-0.1, -0.05) is 27.2 Å². The van der Waals surface area contributed by atoms with E-state index in [1.54, 1.807) is 11.3 Å². The van der Waals surface area contributed by atoms with Gasteiger partial charge in [0.25, 0.3) is 0 Å². The van der Waals surface area contributed by atoms with E-state index < -0.39 is 0 Å². The van der Waals surface area contributed by atoms with Crippen molar-refractivity contribution >= 4 is 39.3 Å². The van der Waals surface area contributed by atoms with Gasteiger partial charge in [-0.3, -0.25) is 0 Å². The zero-order chi connectivity index (χ0) is 14.4. The van der Waals surface area contributed by atoms with Crippen LogP contribution in [0.1, 0.15) is 44.9 Å². The molecule has 0 radical (unpaired) electrons. The summed E-state index contributed by atoms with van der Waals surface area (Å²) in [5.74, 6) is 1.91. The summed E-state index contributed by atoms with van der Waals surface area (Å²) in [5, 5.41) is 5.68. The maximum atomic E-state index is 4.71. The molecule has 0 saturated carbocycles. The van der Waals surface area contributed by atoms with E-state index in [1.165, 1.54) is 23.1 Å². The molecule has 0 saturated heterocycles. The van der Waals surface area contributed by atoms with E-state index in [9.17, 15) is 0 Å². The molecule has 2 aromatic rings. The van der Waals surface area contributed by atoms with Crippen LogP contribution in [0.15, 0.2) is 11.1 Å². The van der Waals surface area contributed by atoms with Gasteiger partial charge in [0.05, 0.1) is 0 Å². The summed E-state index contributed by atoms with van der Waals surface area (Å²) in [4.78, 5) is 11.9. The Balaban J connectivity index is 2.30. The summed E-state index contributed by atoms with van der Waals surface area (Å²) in [5.41, 5.74) is 0. The first-order valence-corrected chi connectivity index (χ1v) is 9.25. The highest BCUT2D eigenvalue weighted by Gasteiger charge is 2.11. The lowest BCUT2D eigenvalue weighted by atomic mass is 10.3. The summed E-state index contributed by atoms with van der Waals surface area (Å²) in [7, 11) is 0. The number of aryl methyl sites for hydroxylation is 1. The SMILES string of the molecule is CCCCSc1nc(NCCC)nc2sc(CC)cc12. The van der Waals surface area contributed by atoms with Gasteiger partial charge in [0.1, 0.15) is 9.86 Å². The summed E-state index contributed by atoms with van der Waals surface area (Å²) in [6.07, 6.45) is 4.62. The van der Waals surface area contributed by atoms with Crippen LogP contribution in [-0.2, 0) is 6.42 Å². The van der Waals surface area contributed by atoms with E-state index in [2.05, 4.69) is 37.1 Å². The van der Waals surface area contributed by atoms with Crippen LogP contribution in [-0.4, -0.2) is 22.3 Å². The van der Waals surface area contributed by atoms with Crippen molar-refractivity contribution in [2.45, 2.75) is 51.5 Å². The summed E-state index contributed by atoms with van der Waals surface area (Å²) in [6.45, 7) is 7.50. The lowest BCUT2D eigenvalue weighted by molar-refractivity contribution is 0.894. The predicted octanol–water partition coefficient (Wildman–Crippen LogP) is 4.97. The Kier molecular flexibility index (Phi) is 6.10. The molecular formula is C15H23N3S2. The molecule has 0 bridgehead atoms. The Morgan fingerprint density at radius 1 is 1.20 bits per heavy atom. The molecule has 0 aromatic carbocycles. The van der Waals surface area contributed by atoms with Crippen LogP contribution >= 0.6 is 23.1 Å². The van der Waals surface area contributed by atoms with Gasteiger partial charge in [-0.15, -0.1) is 23.1 Å². The van der Waals surface area contributed by atoms with Crippen molar-refractivity contribution < 1.29 is 0 Å². The van der Waals surface area contributed by atoms with E-state index in [1.807, 2.05) is 11.8 Å². The molecule has 0 atom stereocenters. The van der Waals surface area contributed by atoms with Crippen molar-refractivity contribution in [3.63, 3.8) is 0 Å². The summed E-state index contributed by atoms with van der Waals surface area (Å²) < 4.78 is 0. The van der Waals surface area contributed by atoms with Crippen LogP contribution in [0.3, 0.4) is 0 Å². The van der Waals surface area contributed by atoms with Crippen molar-refractivity contribution in [1.29, 1.82) is 0 Å². The zero-order valence-electron chi connectivity index (χ0n) is 12.5. The van der Waals surface area contributed by atoms with Gasteiger partial charge in [0, 0.05) is 16.8 Å². The highest BCUT2D eigenvalue weighted by Crippen LogP contribution is 2.33. The van der Waals surface area contributed by atoms with Gasteiger partial charge < -0.3 is 5.32 Å². The standard InChI is InChI=1S/C15H23N3S2/c1-4-7-9-19-13-12-10-11(6-3)20-14(12)18-15(17-13)16-8-5-2/h10H,4-9H2,1-3H3,(H,16,17,18). The van der Waals surface area contributed by atoms with Gasteiger partial charge in [0.15, 0.2) is 0 Å². The highest BCUT2D eigenvalue weighted by molar-refractivity contribution is 7.99. The number of thiophene rings is 1. The molecule has 0 aliphatic carbocycles. The third-order valence-corrected chi connectivity index (χ3v) is 5.28. The number of rotatable bonds is 8. The van der Waals surface area contributed by atoms with Crippen LogP contribution in [0.2, 0.25) is 0 Å². The van der Waals surface area contributed by atoms with Crippen LogP contribution in [0.5, 0.6) is 0 Å². The van der Waals surface area contributed by atoms with Crippen LogP contribution < -0.4 is 5.32 Å². The Hall–Kier alpha value is -0.810. The van der Waals surface area contributed by atoms with Crippen molar-refractivity contribution in [3.8, 4) is 0 Å². The number of aromatic nitrogens is 2. The molecule has 20 heavy (non-hydrogen) atoms. The Morgan fingerprint density at radius 3 is 2.75 bits per heavy atom. The molecule has 0 aliphatic heterocycles. The third-order valence-electron chi connectivity index (χ3n) is 3.03. The number of nitrogens with zero attached hydrogens (tertiary/aromatic N) is 2. The lowest BCUT2D eigenvalue weighted by Crippen LogP contribution is -2.04. The molecule has 2 rings (SSSR count). The molecule has 5 heteroatoms. The topological polar surface area (TPSA) is 37.8 Å². The fourth-order valence-electron chi connectivity index (χ4n) is 1.86. The molecule has 3 nitrogen and oxygen atoms in total. The van der Waals surface area contributed by atoms with E-state index in [4.69, 9.17) is 4.98 Å². The molecule has 110 valence electrons. The second kappa shape index (κ2) is 7.84. The molecular weight excluding hydrogens is 286 g/mol. The minimum Gasteiger partial charge on any atom is -0.354 e. The molecule has 0 spiro atoms. The largest absolute Gasteiger partial charge is 0.354 e. The van der Waals surface area contributed by atoms with Gasteiger partial charge >= 0.3 is 0 Å². The molecule has 2 heterocycles. The smallest absolute Gasteiger partial charge is 0.225 e. The Bertz CT molecular complexity index is 551. The van der Waals surface area contributed by atoms with Crippen molar-refractivity contribution in [1.82, 2.24) is 9.97 Å². The molecule has 0 unspecified atom stereocenters. The number of hydrogen-bond acceptors (Lipinski definition) is 5. The van der Waals surface area contributed by atoms with Gasteiger partial charge in [-0.2, -0.15) is 0 Å². The first-order valence-electron chi connectivity index (χ1n) is 7.45. The fraction of sp³-hybridized carbons (Fsp3) is 0.600. The van der Waals surface area contributed by atoms with Crippen molar-refractivity contribution in [2.75, 3.05) is 17.6 Å². The van der Waals surface area contributed by atoms with Crippen LogP contribution in [0.25, 0.3) is 10.2 Å². The first-order chi connectivity index (χ1) is 9.78. The van der Waals surface area contributed by atoms with E-state index in [-0.39, 0.29) is 0 Å². The highest BCUT2D eigenvalue weighted by atomic mass is 32.2. The summed E-state index contributed by atoms with van der Waals surface area (Å²) in [6, 6.07) is 2.26. The normalized spacial score (nSPS) is 11.2. The van der Waals surface area contributed by atoms with E-state index >= 15 is 0 Å². The number of hydrogen-bond donors (Lipinski definition) is 1. The number of thioether (sulfide) groups is 1. The quantitative estimate of drug-likeness (QED) is 0.424. The summed E-state index contributed by atoms with van der Waals surface area (Å²) >= 11 is 3.66. The number of nitrogens with one attached hydrogen (secondary N) is 1. The maximum absolute atomic E-state index is 4.71. The third kappa shape index (κ3) is 3.85. The predicted molar refractivity (Wildman–Crippen MR) is 91.2 cm³/mol.